The number of anilines is 4. The fraction of sp³-hybridized carbons (Fsp3) is 0.464. The van der Waals surface area contributed by atoms with Gasteiger partial charge in [-0.05, 0) is 5.56 Å². The van der Waals surface area contributed by atoms with Crippen LogP contribution in [0.1, 0.15) is 18.2 Å². The van der Waals surface area contributed by atoms with Gasteiger partial charge in [0.2, 0.25) is 11.9 Å². The first-order chi connectivity index (χ1) is 26.9. The first kappa shape index (κ1) is 42.5. The van der Waals surface area contributed by atoms with E-state index in [9.17, 15) is 38.0 Å². The molecule has 312 valence electrons. The molecule has 0 aliphatic carbocycles. The molecule has 2 fully saturated rings. The largest absolute Gasteiger partial charge is 0.756 e. The Kier molecular flexibility index (Phi) is 13.0. The van der Waals surface area contributed by atoms with Gasteiger partial charge < -0.3 is 60.0 Å². The second-order valence-electron chi connectivity index (χ2n) is 12.5. The van der Waals surface area contributed by atoms with Crippen LogP contribution in [-0.2, 0) is 52.1 Å². The van der Waals surface area contributed by atoms with Crippen LogP contribution in [0, 0.1) is 0 Å². The van der Waals surface area contributed by atoms with Crippen molar-refractivity contribution in [2.45, 2.75) is 43.7 Å². The number of phosphoric acid groups is 3. The van der Waals surface area contributed by atoms with Crippen LogP contribution in [-0.4, -0.2) is 99.4 Å². The zero-order chi connectivity index (χ0) is 41.1. The Morgan fingerprint density at radius 3 is 2.23 bits per heavy atom. The fourth-order valence-corrected chi connectivity index (χ4v) is 9.52. The topological polar surface area (TPSA) is 374 Å². The van der Waals surface area contributed by atoms with Crippen LogP contribution in [0.3, 0.4) is 0 Å². The lowest BCUT2D eigenvalue weighted by Crippen LogP contribution is -2.51. The number of nitrogens with two attached hydrogens (primary N) is 2. The third-order valence-corrected chi connectivity index (χ3v) is 12.5. The van der Waals surface area contributed by atoms with E-state index in [0.29, 0.717) is 6.54 Å². The molecule has 0 radical (unpaired) electrons. The first-order valence-corrected chi connectivity index (χ1v) is 21.1. The number of imidazole rings is 1. The number of nitrogen functional groups attached to an aromatic ring is 2. The van der Waals surface area contributed by atoms with Crippen molar-refractivity contribution in [3.63, 3.8) is 0 Å². The lowest BCUT2D eigenvalue weighted by Gasteiger charge is -2.39. The summed E-state index contributed by atoms with van der Waals surface area (Å²) in [6.45, 7) is -0.982. The molecule has 6 rings (SSSR count). The van der Waals surface area contributed by atoms with Crippen molar-refractivity contribution in [1.82, 2.24) is 34.4 Å². The summed E-state index contributed by atoms with van der Waals surface area (Å²) >= 11 is 0. The second kappa shape index (κ2) is 17.4. The maximum absolute atomic E-state index is 12.7. The van der Waals surface area contributed by atoms with Gasteiger partial charge >= 0.3 is 0 Å². The van der Waals surface area contributed by atoms with E-state index in [-0.39, 0.29) is 54.1 Å². The van der Waals surface area contributed by atoms with Gasteiger partial charge in [0.1, 0.15) is 18.0 Å². The van der Waals surface area contributed by atoms with Gasteiger partial charge in [0.05, 0.1) is 31.7 Å². The summed E-state index contributed by atoms with van der Waals surface area (Å²) in [6.07, 6.45) is -3.57. The Morgan fingerprint density at radius 1 is 0.912 bits per heavy atom. The number of nitrogens with one attached hydrogen (secondary N) is 4. The number of rotatable bonds is 17. The Bertz CT molecular complexity index is 2310. The van der Waals surface area contributed by atoms with E-state index in [2.05, 4.69) is 48.7 Å². The van der Waals surface area contributed by atoms with E-state index in [1.165, 1.54) is 25.1 Å². The smallest absolute Gasteiger partial charge is 0.280 e. The molecule has 8 N–H and O–H groups in total. The van der Waals surface area contributed by atoms with Gasteiger partial charge in [-0.1, -0.05) is 30.3 Å². The van der Waals surface area contributed by atoms with Crippen LogP contribution in [0.4, 0.5) is 23.4 Å². The zero-order valence-corrected chi connectivity index (χ0v) is 32.6. The predicted molar refractivity (Wildman–Crippen MR) is 192 cm³/mol. The molecule has 2 saturated heterocycles. The minimum absolute atomic E-state index is 0.00188. The zero-order valence-electron chi connectivity index (χ0n) is 29.9. The monoisotopic (exact) mass is 860 g/mol. The molecule has 2 aliphatic rings. The third-order valence-electron chi connectivity index (χ3n) is 8.39. The van der Waals surface area contributed by atoms with Gasteiger partial charge in [-0.25, -0.2) is 13.6 Å². The van der Waals surface area contributed by atoms with Crippen molar-refractivity contribution in [3.8, 4) is 0 Å². The summed E-state index contributed by atoms with van der Waals surface area (Å²) in [5.74, 6) is -0.363. The number of nitrogens with zero attached hydrogens (tertiary/aromatic N) is 5. The Hall–Kier alpha value is -4.10. The fourth-order valence-electron chi connectivity index (χ4n) is 6.10. The number of methoxy groups -OCH3 is 1. The quantitative estimate of drug-likeness (QED) is 0.0659. The first-order valence-electron chi connectivity index (χ1n) is 16.7. The summed E-state index contributed by atoms with van der Waals surface area (Å²) in [4.78, 5) is 80.9. The lowest BCUT2D eigenvalue weighted by molar-refractivity contribution is -0.252. The minimum atomic E-state index is -6.21. The second-order valence-corrected chi connectivity index (χ2v) is 17.0. The van der Waals surface area contributed by atoms with Crippen LogP contribution in [0.2, 0.25) is 0 Å². The molecule has 26 nitrogen and oxygen atoms in total. The SMILES string of the molecule is CNc1c(NC2CN(Cc3ccccc3)CC(COP(=O)([O-])OP(=O)([O-])OP(=O)([O-])OCC3C[C@@H](OC)C(n4cnc5c(=O)[nH]c(N)nc54)O3)O2)nc(N)[nH]c1=O. The number of H-pyrrole nitrogens is 2. The highest BCUT2D eigenvalue weighted by Gasteiger charge is 2.39. The summed E-state index contributed by atoms with van der Waals surface area (Å²) in [5, 5.41) is 5.65. The van der Waals surface area contributed by atoms with Gasteiger partial charge in [-0.2, -0.15) is 9.97 Å². The number of fused-ring (bicyclic) bond motifs is 1. The number of aromatic nitrogens is 6. The lowest BCUT2D eigenvalue weighted by atomic mass is 10.2. The molecule has 57 heavy (non-hydrogen) atoms. The van der Waals surface area contributed by atoms with Crippen LogP contribution < -0.4 is 47.9 Å². The standard InChI is InChI=1S/C28H40N11O15P3/c1-31-20-22(34-27(29)36-24(20)40)33-19-11-38(9-15-6-4-3-5-7-15)10-17(51-19)13-50-56(44,45)54-57(46,47)53-55(42,43)49-12-16-8-18(48-2)26(52-16)39-14-32-21-23(39)35-28(30)37-25(21)41/h3-7,14,16-19,26,31H,8-13H2,1-2H3,(H,42,43)(H,44,45)(H,46,47)(H3,30,35,37,41)(H4,29,33,34,36,40)/p-3/t16?,17?,18-,19?,26?/m1/s1. The third kappa shape index (κ3) is 10.9. The molecule has 0 saturated carbocycles. The molecule has 5 heterocycles. The molecule has 29 heteroatoms. The molecule has 0 bridgehead atoms. The van der Waals surface area contributed by atoms with Crippen LogP contribution >= 0.6 is 23.5 Å². The van der Waals surface area contributed by atoms with Crippen LogP contribution in [0.25, 0.3) is 11.2 Å². The summed E-state index contributed by atoms with van der Waals surface area (Å²) in [5.41, 5.74) is 11.1. The summed E-state index contributed by atoms with van der Waals surface area (Å²) in [7, 11) is -15.0. The van der Waals surface area contributed by atoms with Crippen LogP contribution in [0.15, 0.2) is 46.2 Å². The van der Waals surface area contributed by atoms with Crippen molar-refractivity contribution in [2.24, 2.45) is 0 Å². The predicted octanol–water partition coefficient (Wildman–Crippen LogP) is -1.48. The number of hydrogen-bond donors (Lipinski definition) is 6. The molecule has 4 aromatic rings. The maximum Gasteiger partial charge on any atom is 0.280 e. The molecule has 0 amide bonds. The summed E-state index contributed by atoms with van der Waals surface area (Å²) < 4.78 is 73.7. The van der Waals surface area contributed by atoms with E-state index in [4.69, 9.17) is 30.2 Å². The maximum atomic E-state index is 12.7. The highest BCUT2D eigenvalue weighted by molar-refractivity contribution is 7.65. The van der Waals surface area contributed by atoms with E-state index < -0.39 is 78.6 Å². The molecule has 7 unspecified atom stereocenters. The van der Waals surface area contributed by atoms with Gasteiger partial charge in [-0.15, -0.1) is 0 Å². The number of benzene rings is 1. The molecular weight excluding hydrogens is 823 g/mol. The molecule has 8 atom stereocenters. The number of morpholine rings is 1. The molecule has 2 aliphatic heterocycles. The molecule has 3 aromatic heterocycles. The van der Waals surface area contributed by atoms with Crippen molar-refractivity contribution in [3.05, 3.63) is 62.9 Å². The van der Waals surface area contributed by atoms with Gasteiger partial charge in [-0.3, -0.25) is 42.7 Å². The van der Waals surface area contributed by atoms with Gasteiger partial charge in [0.15, 0.2) is 23.2 Å². The average molecular weight is 861 g/mol. The number of phosphoric ester groups is 2. The number of aromatic amines is 2. The number of ether oxygens (including phenoxy) is 3. The molecule has 0 spiro atoms. The average Bonchev–Trinajstić information content (AvgIpc) is 3.73. The van der Waals surface area contributed by atoms with Crippen molar-refractivity contribution in [2.75, 3.05) is 62.6 Å². The van der Waals surface area contributed by atoms with Crippen molar-refractivity contribution >= 4 is 58.0 Å². The Morgan fingerprint density at radius 2 is 1.56 bits per heavy atom. The van der Waals surface area contributed by atoms with E-state index in [1.54, 1.807) is 0 Å². The van der Waals surface area contributed by atoms with E-state index in [0.717, 1.165) is 5.56 Å². The van der Waals surface area contributed by atoms with Gasteiger partial charge in [0.25, 0.3) is 34.6 Å². The van der Waals surface area contributed by atoms with E-state index >= 15 is 0 Å². The van der Waals surface area contributed by atoms with Crippen molar-refractivity contribution in [1.29, 1.82) is 0 Å². The Balaban J connectivity index is 1.05. The molecule has 1 aromatic carbocycles. The minimum Gasteiger partial charge on any atom is -0.756 e. The molecular formula is C28H37N11O15P3-3. The van der Waals surface area contributed by atoms with Crippen molar-refractivity contribution < 1.29 is 60.3 Å². The van der Waals surface area contributed by atoms with Gasteiger partial charge in [0, 0.05) is 40.2 Å². The number of hydrogen-bond acceptors (Lipinski definition) is 23. The summed E-state index contributed by atoms with van der Waals surface area (Å²) in [6, 6.07) is 9.21. The Labute approximate surface area is 321 Å². The normalized spacial score (nSPS) is 24.8. The highest BCUT2D eigenvalue weighted by atomic mass is 31.3. The highest BCUT2D eigenvalue weighted by Crippen LogP contribution is 2.63. The van der Waals surface area contributed by atoms with Crippen LogP contribution in [0.5, 0.6) is 0 Å². The van der Waals surface area contributed by atoms with E-state index in [1.807, 2.05) is 35.2 Å².